The zero-order chi connectivity index (χ0) is 23.9. The van der Waals surface area contributed by atoms with E-state index in [1.807, 2.05) is 0 Å². The third-order valence-electron chi connectivity index (χ3n) is 6.49. The van der Waals surface area contributed by atoms with Gasteiger partial charge in [0.1, 0.15) is 5.71 Å². The molecule has 1 aromatic rings. The van der Waals surface area contributed by atoms with Crippen molar-refractivity contribution in [2.45, 2.75) is 31.4 Å². The number of alkyl halides is 3. The highest BCUT2D eigenvalue weighted by Gasteiger charge is 2.41. The number of carbonyl (C=O) groups is 2. The Labute approximate surface area is 187 Å². The summed E-state index contributed by atoms with van der Waals surface area (Å²) in [4.78, 5) is 32.5. The number of benzene rings is 1. The predicted molar refractivity (Wildman–Crippen MR) is 110 cm³/mol. The molecule has 3 aliphatic heterocycles. The quantitative estimate of drug-likeness (QED) is 0.673. The second-order valence-corrected chi connectivity index (χ2v) is 8.36. The number of hydrogen-bond acceptors (Lipinski definition) is 3. The van der Waals surface area contributed by atoms with Crippen molar-refractivity contribution in [1.82, 2.24) is 15.1 Å². The van der Waals surface area contributed by atoms with Crippen LogP contribution in [0.3, 0.4) is 0 Å². The number of urea groups is 1. The third-order valence-corrected chi connectivity index (χ3v) is 6.49. The van der Waals surface area contributed by atoms with Crippen molar-refractivity contribution >= 4 is 17.6 Å². The first-order chi connectivity index (χ1) is 15.6. The highest BCUT2D eigenvalue weighted by Crippen LogP contribution is 2.41. The number of rotatable bonds is 2. The maximum atomic E-state index is 14.0. The fourth-order valence-electron chi connectivity index (χ4n) is 4.80. The van der Waals surface area contributed by atoms with Crippen LogP contribution in [0, 0.1) is 11.6 Å². The van der Waals surface area contributed by atoms with Gasteiger partial charge in [-0.3, -0.25) is 9.79 Å². The summed E-state index contributed by atoms with van der Waals surface area (Å²) in [5, 5.41) is 2.57. The lowest BCUT2D eigenvalue weighted by molar-refractivity contribution is -0.141. The number of halogens is 5. The Balaban J connectivity index is 1.45. The van der Waals surface area contributed by atoms with E-state index < -0.39 is 29.3 Å². The number of nitrogens with one attached hydrogen (secondary N) is 1. The van der Waals surface area contributed by atoms with Gasteiger partial charge >= 0.3 is 12.2 Å². The van der Waals surface area contributed by atoms with Crippen molar-refractivity contribution in [3.8, 4) is 0 Å². The Morgan fingerprint density at radius 3 is 2.42 bits per heavy atom. The average Bonchev–Trinajstić information content (AvgIpc) is 3.22. The lowest BCUT2D eigenvalue weighted by Gasteiger charge is -2.34. The number of hydrogen-bond donors (Lipinski definition) is 1. The van der Waals surface area contributed by atoms with Gasteiger partial charge in [0.2, 0.25) is 0 Å². The Kier molecular flexibility index (Phi) is 6.15. The molecule has 6 nitrogen and oxygen atoms in total. The van der Waals surface area contributed by atoms with Crippen LogP contribution in [0.15, 0.2) is 28.3 Å². The molecule has 33 heavy (non-hydrogen) atoms. The summed E-state index contributed by atoms with van der Waals surface area (Å²) >= 11 is 0. The zero-order valence-corrected chi connectivity index (χ0v) is 17.9. The molecule has 4 rings (SSSR count). The molecule has 1 aromatic carbocycles. The van der Waals surface area contributed by atoms with Gasteiger partial charge < -0.3 is 15.1 Å². The van der Waals surface area contributed by atoms with Crippen LogP contribution in [0.4, 0.5) is 26.7 Å². The van der Waals surface area contributed by atoms with Crippen molar-refractivity contribution in [3.63, 3.8) is 0 Å². The summed E-state index contributed by atoms with van der Waals surface area (Å²) in [5.41, 5.74) is 0.258. The molecule has 178 valence electrons. The van der Waals surface area contributed by atoms with E-state index in [0.717, 1.165) is 17.2 Å². The summed E-state index contributed by atoms with van der Waals surface area (Å²) in [6.45, 7) is 1.57. The first-order valence-electron chi connectivity index (χ1n) is 10.7. The molecule has 0 atom stereocenters. The molecule has 0 bridgehead atoms. The third kappa shape index (κ3) is 4.32. The molecule has 0 spiro atoms. The van der Waals surface area contributed by atoms with Crippen molar-refractivity contribution in [1.29, 1.82) is 0 Å². The van der Waals surface area contributed by atoms with Crippen LogP contribution < -0.4 is 5.32 Å². The molecule has 0 aromatic heterocycles. The number of nitrogens with zero attached hydrogens (tertiary/aromatic N) is 3. The molecule has 3 aliphatic rings. The maximum absolute atomic E-state index is 14.0. The lowest BCUT2D eigenvalue weighted by Crippen LogP contribution is -2.45. The lowest BCUT2D eigenvalue weighted by atomic mass is 9.85. The minimum atomic E-state index is -5.01. The van der Waals surface area contributed by atoms with Crippen molar-refractivity contribution in [2.24, 2.45) is 4.99 Å². The first kappa shape index (κ1) is 23.2. The Morgan fingerprint density at radius 1 is 1.09 bits per heavy atom. The standard InChI is InChI=1S/C22H23F5N4O2/c1-28-21(33)31-9-6-15-13(11-31)10-29-19(15)20(32)30-7-4-12(5-8-30)14-2-3-16(23)18(24)17(14)22(25,26)27/h2-3,12H,4-11H2,1H3,(H,28,33). The van der Waals surface area contributed by atoms with Crippen molar-refractivity contribution < 1.29 is 31.5 Å². The van der Waals surface area contributed by atoms with Gasteiger partial charge in [-0.05, 0) is 48.0 Å². The summed E-state index contributed by atoms with van der Waals surface area (Å²) in [6.07, 6.45) is -4.11. The van der Waals surface area contributed by atoms with Gasteiger partial charge in [-0.2, -0.15) is 13.2 Å². The Morgan fingerprint density at radius 2 is 1.79 bits per heavy atom. The van der Waals surface area contributed by atoms with Crippen LogP contribution in [-0.2, 0) is 11.0 Å². The minimum Gasteiger partial charge on any atom is -0.341 e. The summed E-state index contributed by atoms with van der Waals surface area (Å²) in [7, 11) is 1.55. The van der Waals surface area contributed by atoms with E-state index in [9.17, 15) is 31.5 Å². The molecule has 0 unspecified atom stereocenters. The molecular weight excluding hydrogens is 447 g/mol. The van der Waals surface area contributed by atoms with Gasteiger partial charge in [-0.15, -0.1) is 0 Å². The van der Waals surface area contributed by atoms with Crippen LogP contribution in [0.2, 0.25) is 0 Å². The minimum absolute atomic E-state index is 0.186. The van der Waals surface area contributed by atoms with Crippen LogP contribution in [0.25, 0.3) is 0 Å². The van der Waals surface area contributed by atoms with Gasteiger partial charge in [-0.25, -0.2) is 13.6 Å². The van der Waals surface area contributed by atoms with E-state index in [2.05, 4.69) is 10.3 Å². The fourth-order valence-corrected chi connectivity index (χ4v) is 4.80. The molecular formula is C22H23F5N4O2. The van der Waals surface area contributed by atoms with Crippen LogP contribution in [0.5, 0.6) is 0 Å². The molecule has 1 fully saturated rings. The summed E-state index contributed by atoms with van der Waals surface area (Å²) in [5.74, 6) is -4.35. The topological polar surface area (TPSA) is 65.0 Å². The molecule has 3 heterocycles. The summed E-state index contributed by atoms with van der Waals surface area (Å²) < 4.78 is 67.6. The second kappa shape index (κ2) is 8.75. The highest BCUT2D eigenvalue weighted by molar-refractivity contribution is 6.46. The largest absolute Gasteiger partial charge is 0.419 e. The molecule has 1 N–H and O–H groups in total. The second-order valence-electron chi connectivity index (χ2n) is 8.36. The number of aliphatic imine (C=N–C) groups is 1. The normalized spacial score (nSPS) is 19.5. The van der Waals surface area contributed by atoms with Gasteiger partial charge in [-0.1, -0.05) is 6.07 Å². The Bertz CT molecular complexity index is 1040. The van der Waals surface area contributed by atoms with Gasteiger partial charge in [0, 0.05) is 33.2 Å². The number of piperidine rings is 1. The van der Waals surface area contributed by atoms with Crippen molar-refractivity contribution in [3.05, 3.63) is 46.0 Å². The Hall–Kier alpha value is -2.98. The average molecular weight is 470 g/mol. The van der Waals surface area contributed by atoms with E-state index in [4.69, 9.17) is 0 Å². The van der Waals surface area contributed by atoms with Gasteiger partial charge in [0.25, 0.3) is 5.91 Å². The van der Waals surface area contributed by atoms with E-state index in [1.54, 1.807) is 16.8 Å². The maximum Gasteiger partial charge on any atom is 0.419 e. The monoisotopic (exact) mass is 470 g/mol. The molecule has 0 saturated carbocycles. The molecule has 11 heteroatoms. The van der Waals surface area contributed by atoms with Crippen LogP contribution in [0.1, 0.15) is 36.3 Å². The molecule has 0 radical (unpaired) electrons. The first-order valence-corrected chi connectivity index (χ1v) is 10.7. The number of carbonyl (C=O) groups excluding carboxylic acids is 2. The van der Waals surface area contributed by atoms with E-state index in [1.165, 1.54) is 0 Å². The van der Waals surface area contributed by atoms with Crippen LogP contribution in [-0.4, -0.2) is 67.2 Å². The van der Waals surface area contributed by atoms with E-state index in [-0.39, 0.29) is 43.4 Å². The van der Waals surface area contributed by atoms with Crippen LogP contribution >= 0.6 is 0 Å². The van der Waals surface area contributed by atoms with Crippen molar-refractivity contribution in [2.75, 3.05) is 39.8 Å². The smallest absolute Gasteiger partial charge is 0.341 e. The number of amides is 3. The summed E-state index contributed by atoms with van der Waals surface area (Å²) in [6, 6.07) is 1.50. The molecule has 3 amide bonds. The van der Waals surface area contributed by atoms with E-state index >= 15 is 0 Å². The van der Waals surface area contributed by atoms with Gasteiger partial charge in [0.05, 0.1) is 12.1 Å². The zero-order valence-electron chi connectivity index (χ0n) is 17.9. The molecule has 1 saturated heterocycles. The van der Waals surface area contributed by atoms with E-state index in [0.29, 0.717) is 37.8 Å². The fraction of sp³-hybridized carbons (Fsp3) is 0.500. The predicted octanol–water partition coefficient (Wildman–Crippen LogP) is 3.49. The number of likely N-dealkylation sites (tertiary alicyclic amines) is 1. The SMILES string of the molecule is CNC(=O)N1CCC2=C(CN=C2C(=O)N2CCC(c3ccc(F)c(F)c3C(F)(F)F)CC2)C1. The highest BCUT2D eigenvalue weighted by atomic mass is 19.4. The molecule has 0 aliphatic carbocycles. The van der Waals surface area contributed by atoms with Gasteiger partial charge in [0.15, 0.2) is 11.6 Å².